The van der Waals surface area contributed by atoms with Crippen molar-refractivity contribution in [1.82, 2.24) is 0 Å². The fraction of sp³-hybridized carbons (Fsp3) is 0.827. The van der Waals surface area contributed by atoms with Crippen molar-refractivity contribution in [3.8, 4) is 0 Å². The molecule has 6 heteroatoms. The summed E-state index contributed by atoms with van der Waals surface area (Å²) in [6.07, 6.45) is 89.9. The minimum atomic E-state index is -0.784. The first-order chi connectivity index (χ1) is 40.0. The van der Waals surface area contributed by atoms with Crippen molar-refractivity contribution >= 4 is 17.9 Å². The third-order valence-electron chi connectivity index (χ3n) is 16.0. The molecule has 0 aromatic carbocycles. The number of allylic oxidation sites excluding steroid dienone is 10. The van der Waals surface area contributed by atoms with Gasteiger partial charge in [-0.3, -0.25) is 14.4 Å². The van der Waals surface area contributed by atoms with Crippen molar-refractivity contribution in [3.63, 3.8) is 0 Å². The maximum atomic E-state index is 12.9. The van der Waals surface area contributed by atoms with Crippen LogP contribution in [0.3, 0.4) is 0 Å². The van der Waals surface area contributed by atoms with Gasteiger partial charge in [-0.2, -0.15) is 0 Å². The second kappa shape index (κ2) is 69.6. The monoisotopic (exact) mass is 1130 g/mol. The smallest absolute Gasteiger partial charge is 0.306 e. The number of hydrogen-bond donors (Lipinski definition) is 0. The maximum Gasteiger partial charge on any atom is 0.306 e. The summed E-state index contributed by atoms with van der Waals surface area (Å²) >= 11 is 0. The molecule has 0 fully saturated rings. The molecule has 0 spiro atoms. The first-order valence-electron chi connectivity index (χ1n) is 35.8. The van der Waals surface area contributed by atoms with Crippen LogP contribution in [0, 0.1) is 0 Å². The summed E-state index contributed by atoms with van der Waals surface area (Å²) in [6, 6.07) is 0. The lowest BCUT2D eigenvalue weighted by atomic mass is 10.0. The number of carbonyl (C=O) groups is 3. The summed E-state index contributed by atoms with van der Waals surface area (Å²) in [5.41, 5.74) is 0. The summed E-state index contributed by atoms with van der Waals surface area (Å²) in [6.45, 7) is 6.61. The van der Waals surface area contributed by atoms with E-state index in [-0.39, 0.29) is 31.1 Å². The fourth-order valence-corrected chi connectivity index (χ4v) is 10.5. The molecule has 0 radical (unpaired) electrons. The zero-order valence-corrected chi connectivity index (χ0v) is 54.3. The lowest BCUT2D eigenvalue weighted by molar-refractivity contribution is -0.167. The number of rotatable bonds is 66. The number of esters is 3. The van der Waals surface area contributed by atoms with E-state index in [1.165, 1.54) is 250 Å². The van der Waals surface area contributed by atoms with Crippen LogP contribution in [0.2, 0.25) is 0 Å². The molecule has 0 saturated heterocycles. The minimum absolute atomic E-state index is 0.0790. The van der Waals surface area contributed by atoms with Crippen LogP contribution in [0.1, 0.15) is 380 Å². The summed E-state index contributed by atoms with van der Waals surface area (Å²) in [7, 11) is 0. The number of hydrogen-bond acceptors (Lipinski definition) is 6. The molecule has 0 aromatic heterocycles. The lowest BCUT2D eigenvalue weighted by Crippen LogP contribution is -2.30. The number of ether oxygens (including phenoxy) is 3. The molecule has 1 atom stereocenters. The molecule has 0 rings (SSSR count). The van der Waals surface area contributed by atoms with Gasteiger partial charge in [0.15, 0.2) is 6.10 Å². The first-order valence-corrected chi connectivity index (χ1v) is 35.8. The first kappa shape index (κ1) is 78.1. The van der Waals surface area contributed by atoms with Gasteiger partial charge in [-0.05, 0) is 103 Å². The van der Waals surface area contributed by atoms with E-state index < -0.39 is 6.10 Å². The zero-order chi connectivity index (χ0) is 58.5. The van der Waals surface area contributed by atoms with Gasteiger partial charge < -0.3 is 14.2 Å². The normalized spacial score (nSPS) is 12.4. The van der Waals surface area contributed by atoms with Crippen LogP contribution in [0.5, 0.6) is 0 Å². The Kier molecular flexibility index (Phi) is 67.1. The van der Waals surface area contributed by atoms with Gasteiger partial charge in [0.1, 0.15) is 13.2 Å². The summed E-state index contributed by atoms with van der Waals surface area (Å²) in [4.78, 5) is 38.3. The quantitative estimate of drug-likeness (QED) is 0.0261. The highest BCUT2D eigenvalue weighted by Crippen LogP contribution is 2.18. The van der Waals surface area contributed by atoms with Gasteiger partial charge >= 0.3 is 17.9 Å². The van der Waals surface area contributed by atoms with Crippen LogP contribution in [0.15, 0.2) is 60.8 Å². The van der Waals surface area contributed by atoms with Crippen LogP contribution < -0.4 is 0 Å². The van der Waals surface area contributed by atoms with Crippen molar-refractivity contribution in [1.29, 1.82) is 0 Å². The van der Waals surface area contributed by atoms with Gasteiger partial charge in [-0.25, -0.2) is 0 Å². The predicted octanol–water partition coefficient (Wildman–Crippen LogP) is 24.7. The molecule has 0 amide bonds. The molecule has 0 aliphatic heterocycles. The van der Waals surface area contributed by atoms with Crippen LogP contribution in [0.25, 0.3) is 0 Å². The van der Waals surface area contributed by atoms with E-state index >= 15 is 0 Å². The second-order valence-electron chi connectivity index (χ2n) is 24.1. The lowest BCUT2D eigenvalue weighted by Gasteiger charge is -2.18. The van der Waals surface area contributed by atoms with E-state index in [0.29, 0.717) is 19.3 Å². The Hall–Kier alpha value is -2.89. The Morgan fingerprint density at radius 2 is 0.457 bits per heavy atom. The molecule has 0 aliphatic rings. The molecule has 1 unspecified atom stereocenters. The number of carbonyl (C=O) groups excluding carboxylic acids is 3. The highest BCUT2D eigenvalue weighted by molar-refractivity contribution is 5.71. The standard InChI is InChI=1S/C75H136O6/c1-4-7-10-13-16-19-22-24-26-28-30-31-32-33-34-35-36-37-38-39-40-41-42-43-45-46-48-50-53-56-59-62-65-68-74(77)80-71-72(70-79-73(76)67-64-61-58-55-52-21-18-15-12-9-6-3)81-75(78)69-66-63-60-57-54-51-49-47-44-29-27-25-23-20-17-14-11-8-5-2/h15,17-18,20,25,27-28,30,44,47,72H,4-14,16,19,21-24,26,29,31-43,45-46,48-71H2,1-3H3/b18-15-,20-17-,27-25-,30-28-,47-44-. The van der Waals surface area contributed by atoms with Gasteiger partial charge in [0.2, 0.25) is 0 Å². The van der Waals surface area contributed by atoms with Gasteiger partial charge in [-0.1, -0.05) is 319 Å². The van der Waals surface area contributed by atoms with Crippen molar-refractivity contribution in [3.05, 3.63) is 60.8 Å². The fourth-order valence-electron chi connectivity index (χ4n) is 10.5. The van der Waals surface area contributed by atoms with Crippen molar-refractivity contribution in [2.24, 2.45) is 0 Å². The molecule has 6 nitrogen and oxygen atoms in total. The zero-order valence-electron chi connectivity index (χ0n) is 54.3. The van der Waals surface area contributed by atoms with Crippen molar-refractivity contribution < 1.29 is 28.6 Å². The third-order valence-corrected chi connectivity index (χ3v) is 16.0. The average molecular weight is 1130 g/mol. The molecule has 0 heterocycles. The topological polar surface area (TPSA) is 78.9 Å². The maximum absolute atomic E-state index is 12.9. The van der Waals surface area contributed by atoms with Crippen molar-refractivity contribution in [2.45, 2.75) is 386 Å². The SMILES string of the molecule is CCCC/C=C\CCCCCCCC(=O)OCC(COC(=O)CCCCCCCCCCCCCCCCCCCCCCC/C=C\CCCCCCCCCC)OC(=O)CCCCCCCC/C=C\C/C=C\C/C=C\CCCCC. The van der Waals surface area contributed by atoms with E-state index in [2.05, 4.69) is 81.5 Å². The molecule has 0 N–H and O–H groups in total. The third kappa shape index (κ3) is 67.8. The van der Waals surface area contributed by atoms with E-state index in [9.17, 15) is 14.4 Å². The van der Waals surface area contributed by atoms with Gasteiger partial charge in [0, 0.05) is 19.3 Å². The molecule has 0 bridgehead atoms. The Balaban J connectivity index is 4.11. The molecular weight excluding hydrogens is 997 g/mol. The largest absolute Gasteiger partial charge is 0.462 e. The Bertz CT molecular complexity index is 1440. The molecular formula is C75H136O6. The van der Waals surface area contributed by atoms with Crippen LogP contribution in [-0.2, 0) is 28.6 Å². The average Bonchev–Trinajstić information content (AvgIpc) is 3.47. The van der Waals surface area contributed by atoms with Crippen molar-refractivity contribution in [2.75, 3.05) is 13.2 Å². The Morgan fingerprint density at radius 1 is 0.247 bits per heavy atom. The molecule has 472 valence electrons. The van der Waals surface area contributed by atoms with Crippen LogP contribution in [-0.4, -0.2) is 37.2 Å². The van der Waals surface area contributed by atoms with E-state index in [0.717, 1.165) is 89.9 Å². The highest BCUT2D eigenvalue weighted by Gasteiger charge is 2.19. The summed E-state index contributed by atoms with van der Waals surface area (Å²) in [5.74, 6) is -0.882. The highest BCUT2D eigenvalue weighted by atomic mass is 16.6. The van der Waals surface area contributed by atoms with E-state index in [4.69, 9.17) is 14.2 Å². The minimum Gasteiger partial charge on any atom is -0.462 e. The number of unbranched alkanes of at least 4 members (excludes halogenated alkanes) is 45. The molecule has 81 heavy (non-hydrogen) atoms. The van der Waals surface area contributed by atoms with Gasteiger partial charge in [0.25, 0.3) is 0 Å². The van der Waals surface area contributed by atoms with Gasteiger partial charge in [0.05, 0.1) is 0 Å². The molecule has 0 saturated carbocycles. The summed E-state index contributed by atoms with van der Waals surface area (Å²) < 4.78 is 16.9. The molecule has 0 aromatic rings. The molecule has 0 aliphatic carbocycles. The predicted molar refractivity (Wildman–Crippen MR) is 353 cm³/mol. The van der Waals surface area contributed by atoms with Crippen LogP contribution >= 0.6 is 0 Å². The Morgan fingerprint density at radius 3 is 0.765 bits per heavy atom. The Labute approximate surface area is 504 Å². The van der Waals surface area contributed by atoms with Crippen LogP contribution in [0.4, 0.5) is 0 Å². The van der Waals surface area contributed by atoms with E-state index in [1.807, 2.05) is 0 Å². The van der Waals surface area contributed by atoms with Gasteiger partial charge in [-0.15, -0.1) is 0 Å². The second-order valence-corrected chi connectivity index (χ2v) is 24.1. The summed E-state index contributed by atoms with van der Waals surface area (Å²) in [5, 5.41) is 0. The van der Waals surface area contributed by atoms with E-state index in [1.54, 1.807) is 0 Å².